The standard InChI is InChI=1S/C16H16N2O3/c1-3-17-14-11(16(19)20-4-2)9-18-13-10-7-5-6-8-12(10)21-15(13)14/h5-9H,3-4H2,1-2H3,(H,17,18). The molecule has 0 bridgehead atoms. The Bertz CT molecular complexity index is 808. The third-order valence-electron chi connectivity index (χ3n) is 3.24. The van der Waals surface area contributed by atoms with E-state index in [1.807, 2.05) is 31.2 Å². The summed E-state index contributed by atoms with van der Waals surface area (Å²) in [4.78, 5) is 16.4. The molecule has 0 aliphatic heterocycles. The van der Waals surface area contributed by atoms with Crippen molar-refractivity contribution in [2.24, 2.45) is 0 Å². The average Bonchev–Trinajstić information content (AvgIpc) is 2.87. The number of pyridine rings is 1. The first kappa shape index (κ1) is 13.4. The molecule has 0 radical (unpaired) electrons. The fourth-order valence-electron chi connectivity index (χ4n) is 2.36. The predicted octanol–water partition coefficient (Wildman–Crippen LogP) is 3.59. The largest absolute Gasteiger partial charge is 0.462 e. The Morgan fingerprint density at radius 2 is 2.14 bits per heavy atom. The summed E-state index contributed by atoms with van der Waals surface area (Å²) in [6, 6.07) is 7.68. The molecule has 0 spiro atoms. The molecule has 1 aromatic carbocycles. The second-order valence-electron chi connectivity index (χ2n) is 4.57. The molecule has 0 fully saturated rings. The van der Waals surface area contributed by atoms with Gasteiger partial charge in [0.2, 0.25) is 0 Å². The van der Waals surface area contributed by atoms with Crippen molar-refractivity contribution in [1.29, 1.82) is 0 Å². The number of benzene rings is 1. The highest BCUT2D eigenvalue weighted by atomic mass is 16.5. The van der Waals surface area contributed by atoms with Gasteiger partial charge in [0.05, 0.1) is 12.3 Å². The molecule has 0 saturated heterocycles. The van der Waals surface area contributed by atoms with Crippen LogP contribution in [0.4, 0.5) is 5.69 Å². The number of ether oxygens (including phenoxy) is 1. The Morgan fingerprint density at radius 1 is 1.33 bits per heavy atom. The summed E-state index contributed by atoms with van der Waals surface area (Å²) in [6.07, 6.45) is 1.54. The van der Waals surface area contributed by atoms with Crippen LogP contribution in [0.3, 0.4) is 0 Å². The van der Waals surface area contributed by atoms with Gasteiger partial charge >= 0.3 is 5.97 Å². The van der Waals surface area contributed by atoms with Gasteiger partial charge in [0.25, 0.3) is 0 Å². The van der Waals surface area contributed by atoms with Gasteiger partial charge in [-0.3, -0.25) is 4.98 Å². The van der Waals surface area contributed by atoms with Crippen molar-refractivity contribution >= 4 is 33.7 Å². The summed E-state index contributed by atoms with van der Waals surface area (Å²) in [5, 5.41) is 4.12. The molecule has 0 amide bonds. The predicted molar refractivity (Wildman–Crippen MR) is 81.6 cm³/mol. The minimum absolute atomic E-state index is 0.322. The molecule has 1 N–H and O–H groups in total. The van der Waals surface area contributed by atoms with E-state index in [0.29, 0.717) is 30.0 Å². The molecule has 0 saturated carbocycles. The second-order valence-corrected chi connectivity index (χ2v) is 4.57. The van der Waals surface area contributed by atoms with Crippen LogP contribution >= 0.6 is 0 Å². The highest BCUT2D eigenvalue weighted by Gasteiger charge is 2.20. The van der Waals surface area contributed by atoms with E-state index in [2.05, 4.69) is 10.3 Å². The topological polar surface area (TPSA) is 64.4 Å². The van der Waals surface area contributed by atoms with Gasteiger partial charge in [-0.1, -0.05) is 12.1 Å². The number of hydrogen-bond acceptors (Lipinski definition) is 5. The van der Waals surface area contributed by atoms with Crippen molar-refractivity contribution in [3.8, 4) is 0 Å². The van der Waals surface area contributed by atoms with Crippen LogP contribution in [0, 0.1) is 0 Å². The minimum Gasteiger partial charge on any atom is -0.462 e. The molecule has 5 nitrogen and oxygen atoms in total. The lowest BCUT2D eigenvalue weighted by Gasteiger charge is -2.09. The van der Waals surface area contributed by atoms with Gasteiger partial charge in [-0.25, -0.2) is 4.79 Å². The Morgan fingerprint density at radius 3 is 2.90 bits per heavy atom. The lowest BCUT2D eigenvalue weighted by atomic mass is 10.1. The number of furan rings is 1. The Kier molecular flexibility index (Phi) is 3.48. The molecule has 5 heteroatoms. The van der Waals surface area contributed by atoms with Gasteiger partial charge in [-0.15, -0.1) is 0 Å². The first-order valence-electron chi connectivity index (χ1n) is 6.97. The first-order chi connectivity index (χ1) is 10.3. The maximum Gasteiger partial charge on any atom is 0.341 e. The van der Waals surface area contributed by atoms with Crippen molar-refractivity contribution in [3.63, 3.8) is 0 Å². The molecule has 3 rings (SSSR count). The smallest absolute Gasteiger partial charge is 0.341 e. The number of nitrogens with one attached hydrogen (secondary N) is 1. The fourth-order valence-corrected chi connectivity index (χ4v) is 2.36. The normalized spacial score (nSPS) is 11.0. The van der Waals surface area contributed by atoms with Gasteiger partial charge < -0.3 is 14.5 Å². The zero-order valence-corrected chi connectivity index (χ0v) is 12.0. The van der Waals surface area contributed by atoms with Gasteiger partial charge in [0.15, 0.2) is 5.58 Å². The van der Waals surface area contributed by atoms with Gasteiger partial charge in [0.1, 0.15) is 16.7 Å². The zero-order valence-electron chi connectivity index (χ0n) is 12.0. The number of carbonyl (C=O) groups is 1. The molecule has 0 unspecified atom stereocenters. The monoisotopic (exact) mass is 284 g/mol. The summed E-state index contributed by atoms with van der Waals surface area (Å²) < 4.78 is 10.9. The SMILES string of the molecule is CCNc1c(C(=O)OCC)cnc2c1oc1ccccc12. The molecule has 0 aliphatic rings. The highest BCUT2D eigenvalue weighted by Crippen LogP contribution is 2.34. The van der Waals surface area contributed by atoms with E-state index in [4.69, 9.17) is 9.15 Å². The Hall–Kier alpha value is -2.56. The fraction of sp³-hybridized carbons (Fsp3) is 0.250. The molecular formula is C16H16N2O3. The van der Waals surface area contributed by atoms with Gasteiger partial charge in [-0.05, 0) is 26.0 Å². The van der Waals surface area contributed by atoms with Crippen molar-refractivity contribution in [3.05, 3.63) is 36.0 Å². The maximum atomic E-state index is 12.1. The van der Waals surface area contributed by atoms with E-state index in [1.54, 1.807) is 13.1 Å². The van der Waals surface area contributed by atoms with E-state index in [-0.39, 0.29) is 0 Å². The number of rotatable bonds is 4. The summed E-state index contributed by atoms with van der Waals surface area (Å²) in [5.74, 6) is -0.400. The summed E-state index contributed by atoms with van der Waals surface area (Å²) in [5.41, 5.74) is 3.11. The molecule has 3 aromatic rings. The van der Waals surface area contributed by atoms with Crippen LogP contribution < -0.4 is 5.32 Å². The number of fused-ring (bicyclic) bond motifs is 3. The lowest BCUT2D eigenvalue weighted by Crippen LogP contribution is -2.10. The van der Waals surface area contributed by atoms with E-state index in [1.165, 1.54) is 0 Å². The van der Waals surface area contributed by atoms with Crippen LogP contribution in [0.15, 0.2) is 34.9 Å². The number of esters is 1. The molecular weight excluding hydrogens is 268 g/mol. The number of aromatic nitrogens is 1. The first-order valence-corrected chi connectivity index (χ1v) is 6.97. The molecule has 21 heavy (non-hydrogen) atoms. The van der Waals surface area contributed by atoms with Crippen molar-refractivity contribution < 1.29 is 13.9 Å². The summed E-state index contributed by atoms with van der Waals surface area (Å²) in [7, 11) is 0. The lowest BCUT2D eigenvalue weighted by molar-refractivity contribution is 0.0527. The third kappa shape index (κ3) is 2.20. The van der Waals surface area contributed by atoms with Crippen LogP contribution in [-0.2, 0) is 4.74 Å². The van der Waals surface area contributed by atoms with Crippen LogP contribution in [0.25, 0.3) is 22.1 Å². The number of hydrogen-bond donors (Lipinski definition) is 1. The van der Waals surface area contributed by atoms with E-state index in [0.717, 1.165) is 16.5 Å². The van der Waals surface area contributed by atoms with Gasteiger partial charge in [0, 0.05) is 18.1 Å². The Balaban J connectivity index is 2.28. The molecule has 2 aromatic heterocycles. The summed E-state index contributed by atoms with van der Waals surface area (Å²) in [6.45, 7) is 4.73. The number of anilines is 1. The van der Waals surface area contributed by atoms with Crippen LogP contribution in [0.5, 0.6) is 0 Å². The molecule has 108 valence electrons. The summed E-state index contributed by atoms with van der Waals surface area (Å²) >= 11 is 0. The minimum atomic E-state index is -0.400. The molecule has 0 atom stereocenters. The van der Waals surface area contributed by atoms with Gasteiger partial charge in [-0.2, -0.15) is 0 Å². The van der Waals surface area contributed by atoms with Crippen LogP contribution in [-0.4, -0.2) is 24.1 Å². The third-order valence-corrected chi connectivity index (χ3v) is 3.24. The molecule has 0 aliphatic carbocycles. The van der Waals surface area contributed by atoms with E-state index >= 15 is 0 Å². The van der Waals surface area contributed by atoms with Crippen LogP contribution in [0.1, 0.15) is 24.2 Å². The molecule has 2 heterocycles. The van der Waals surface area contributed by atoms with E-state index in [9.17, 15) is 4.79 Å². The number of nitrogens with zero attached hydrogens (tertiary/aromatic N) is 1. The van der Waals surface area contributed by atoms with Crippen molar-refractivity contribution in [1.82, 2.24) is 4.98 Å². The van der Waals surface area contributed by atoms with E-state index < -0.39 is 5.97 Å². The van der Waals surface area contributed by atoms with Crippen LogP contribution in [0.2, 0.25) is 0 Å². The van der Waals surface area contributed by atoms with Crippen molar-refractivity contribution in [2.75, 3.05) is 18.5 Å². The Labute approximate surface area is 121 Å². The highest BCUT2D eigenvalue weighted by molar-refractivity contribution is 6.10. The second kappa shape index (κ2) is 5.44. The van der Waals surface area contributed by atoms with Crippen molar-refractivity contribution in [2.45, 2.75) is 13.8 Å². The quantitative estimate of drug-likeness (QED) is 0.742. The average molecular weight is 284 g/mol. The number of carbonyl (C=O) groups excluding carboxylic acids is 1. The maximum absolute atomic E-state index is 12.1. The number of para-hydroxylation sites is 1. The zero-order chi connectivity index (χ0) is 14.8.